The average molecular weight is 291 g/mol. The van der Waals surface area contributed by atoms with Gasteiger partial charge in [0.2, 0.25) is 5.91 Å². The first-order valence-corrected chi connectivity index (χ1v) is 7.43. The monoisotopic (exact) mass is 291 g/mol. The van der Waals surface area contributed by atoms with Crippen LogP contribution in [0.1, 0.15) is 30.1 Å². The van der Waals surface area contributed by atoms with Crippen LogP contribution in [0.2, 0.25) is 0 Å². The summed E-state index contributed by atoms with van der Waals surface area (Å²) in [5, 5.41) is 2.71. The molecule has 2 aliphatic rings. The quantitative estimate of drug-likeness (QED) is 0.853. The van der Waals surface area contributed by atoms with Gasteiger partial charge in [-0.05, 0) is 37.7 Å². The zero-order valence-electron chi connectivity index (χ0n) is 12.1. The average Bonchev–Trinajstić information content (AvgIpc) is 3.16. The number of amides is 2. The second-order valence-electron chi connectivity index (χ2n) is 6.12. The van der Waals surface area contributed by atoms with Crippen LogP contribution in [0.3, 0.4) is 0 Å². The summed E-state index contributed by atoms with van der Waals surface area (Å²) in [6.45, 7) is 3.20. The van der Waals surface area contributed by atoms with E-state index in [9.17, 15) is 9.59 Å². The molecule has 1 aromatic rings. The lowest BCUT2D eigenvalue weighted by Gasteiger charge is -2.23. The maximum absolute atomic E-state index is 12.4. The predicted octanol–water partition coefficient (Wildman–Crippen LogP) is 0.594. The number of likely N-dealkylation sites (tertiary alicyclic amines) is 1. The zero-order chi connectivity index (χ0) is 15.0. The molecule has 6 nitrogen and oxygen atoms in total. The minimum absolute atomic E-state index is 0.0338. The number of nitrogens with one attached hydrogen (secondary N) is 1. The minimum atomic E-state index is -0.539. The fraction of sp³-hybridized carbons (Fsp3) is 0.600. The van der Waals surface area contributed by atoms with Gasteiger partial charge in [-0.2, -0.15) is 0 Å². The third-order valence-electron chi connectivity index (χ3n) is 4.73. The van der Waals surface area contributed by atoms with Gasteiger partial charge in [0.25, 0.3) is 5.91 Å². The summed E-state index contributed by atoms with van der Waals surface area (Å²) in [6, 6.07) is 1.25. The molecule has 3 N–H and O–H groups in total. The van der Waals surface area contributed by atoms with Crippen molar-refractivity contribution in [3.05, 3.63) is 24.2 Å². The Bertz CT molecular complexity index is 528. The lowest BCUT2D eigenvalue weighted by atomic mass is 9.98. The lowest BCUT2D eigenvalue weighted by molar-refractivity contribution is -0.132. The van der Waals surface area contributed by atoms with Crippen LogP contribution in [0.25, 0.3) is 0 Å². The van der Waals surface area contributed by atoms with Crippen LogP contribution in [-0.4, -0.2) is 41.9 Å². The van der Waals surface area contributed by atoms with Gasteiger partial charge in [-0.3, -0.25) is 9.59 Å². The molecule has 6 heteroatoms. The van der Waals surface area contributed by atoms with E-state index in [1.165, 1.54) is 12.5 Å². The first-order valence-electron chi connectivity index (χ1n) is 7.43. The second-order valence-corrected chi connectivity index (χ2v) is 6.12. The van der Waals surface area contributed by atoms with E-state index < -0.39 is 6.04 Å². The van der Waals surface area contributed by atoms with Crippen molar-refractivity contribution in [2.75, 3.05) is 13.1 Å². The van der Waals surface area contributed by atoms with Gasteiger partial charge in [-0.1, -0.05) is 0 Å². The van der Waals surface area contributed by atoms with E-state index in [1.807, 2.05) is 4.90 Å². The highest BCUT2D eigenvalue weighted by Crippen LogP contribution is 2.37. The molecule has 1 aliphatic heterocycles. The Kier molecular flexibility index (Phi) is 3.71. The summed E-state index contributed by atoms with van der Waals surface area (Å²) in [6.07, 6.45) is 4.96. The summed E-state index contributed by atoms with van der Waals surface area (Å²) in [7, 11) is 0. The van der Waals surface area contributed by atoms with E-state index in [0.717, 1.165) is 25.9 Å². The first kappa shape index (κ1) is 14.1. The van der Waals surface area contributed by atoms with Crippen molar-refractivity contribution in [3.63, 3.8) is 0 Å². The van der Waals surface area contributed by atoms with Crippen molar-refractivity contribution in [2.24, 2.45) is 17.6 Å². The highest BCUT2D eigenvalue weighted by molar-refractivity contribution is 5.97. The van der Waals surface area contributed by atoms with E-state index in [0.29, 0.717) is 17.4 Å². The van der Waals surface area contributed by atoms with E-state index in [1.54, 1.807) is 13.0 Å². The van der Waals surface area contributed by atoms with Crippen LogP contribution in [0.4, 0.5) is 0 Å². The summed E-state index contributed by atoms with van der Waals surface area (Å²) >= 11 is 0. The minimum Gasteiger partial charge on any atom is -0.472 e. The molecule has 1 saturated heterocycles. The Morgan fingerprint density at radius 1 is 1.43 bits per heavy atom. The van der Waals surface area contributed by atoms with Crippen molar-refractivity contribution in [2.45, 2.75) is 31.8 Å². The summed E-state index contributed by atoms with van der Waals surface area (Å²) < 4.78 is 4.87. The number of rotatable bonds is 3. The normalized spacial score (nSPS) is 29.2. The van der Waals surface area contributed by atoms with Crippen molar-refractivity contribution in [3.8, 4) is 0 Å². The number of hydrogen-bond acceptors (Lipinski definition) is 4. The van der Waals surface area contributed by atoms with E-state index in [-0.39, 0.29) is 17.9 Å². The molecule has 2 fully saturated rings. The number of nitrogens with zero attached hydrogens (tertiary/aromatic N) is 1. The number of hydrogen-bond donors (Lipinski definition) is 2. The number of fused-ring (bicyclic) bond motifs is 1. The SMILES string of the molecule is CC(NC(=O)c1ccoc1)C(=O)N1CC2CCC(N)C2C1. The van der Waals surface area contributed by atoms with Gasteiger partial charge < -0.3 is 20.4 Å². The molecular weight excluding hydrogens is 270 g/mol. The molecule has 114 valence electrons. The molecule has 4 unspecified atom stereocenters. The highest BCUT2D eigenvalue weighted by Gasteiger charge is 2.43. The van der Waals surface area contributed by atoms with Crippen LogP contribution in [-0.2, 0) is 4.79 Å². The molecule has 1 aliphatic carbocycles. The molecular formula is C15H21N3O3. The Hall–Kier alpha value is -1.82. The molecule has 0 aromatic carbocycles. The molecule has 1 aromatic heterocycles. The Balaban J connectivity index is 1.57. The number of carbonyl (C=O) groups excluding carboxylic acids is 2. The Labute approximate surface area is 123 Å². The van der Waals surface area contributed by atoms with Gasteiger partial charge >= 0.3 is 0 Å². The molecule has 1 saturated carbocycles. The van der Waals surface area contributed by atoms with Crippen molar-refractivity contribution in [1.29, 1.82) is 0 Å². The zero-order valence-corrected chi connectivity index (χ0v) is 12.1. The van der Waals surface area contributed by atoms with E-state index in [2.05, 4.69) is 5.32 Å². The van der Waals surface area contributed by atoms with Gasteiger partial charge in [0.05, 0.1) is 11.8 Å². The van der Waals surface area contributed by atoms with Gasteiger partial charge in [0.15, 0.2) is 0 Å². The maximum Gasteiger partial charge on any atom is 0.255 e. The summed E-state index contributed by atoms with van der Waals surface area (Å²) in [5.41, 5.74) is 6.51. The van der Waals surface area contributed by atoms with Gasteiger partial charge in [0, 0.05) is 19.1 Å². The molecule has 2 heterocycles. The fourth-order valence-corrected chi connectivity index (χ4v) is 3.50. The van der Waals surface area contributed by atoms with Crippen LogP contribution in [0.5, 0.6) is 0 Å². The lowest BCUT2D eigenvalue weighted by Crippen LogP contribution is -2.46. The summed E-state index contributed by atoms with van der Waals surface area (Å²) in [5.74, 6) is 0.626. The van der Waals surface area contributed by atoms with Crippen molar-refractivity contribution in [1.82, 2.24) is 10.2 Å². The highest BCUT2D eigenvalue weighted by atomic mass is 16.3. The third kappa shape index (κ3) is 2.68. The Morgan fingerprint density at radius 3 is 2.90 bits per heavy atom. The third-order valence-corrected chi connectivity index (χ3v) is 4.73. The second kappa shape index (κ2) is 5.52. The van der Waals surface area contributed by atoms with Crippen molar-refractivity contribution < 1.29 is 14.0 Å². The van der Waals surface area contributed by atoms with Crippen molar-refractivity contribution >= 4 is 11.8 Å². The number of nitrogens with two attached hydrogens (primary N) is 1. The standard InChI is InChI=1S/C15H21N3O3/c1-9(17-14(19)11-4-5-21-8-11)15(20)18-6-10-2-3-13(16)12(10)7-18/h4-5,8-10,12-13H,2-3,6-7,16H2,1H3,(H,17,19). The smallest absolute Gasteiger partial charge is 0.255 e. The van der Waals surface area contributed by atoms with Gasteiger partial charge in [0.1, 0.15) is 12.3 Å². The molecule has 4 atom stereocenters. The van der Waals surface area contributed by atoms with Gasteiger partial charge in [-0.25, -0.2) is 0 Å². The molecule has 2 amide bonds. The fourth-order valence-electron chi connectivity index (χ4n) is 3.50. The Morgan fingerprint density at radius 2 is 2.24 bits per heavy atom. The van der Waals surface area contributed by atoms with Crippen LogP contribution >= 0.6 is 0 Å². The molecule has 3 rings (SSSR count). The van der Waals surface area contributed by atoms with Crippen LogP contribution in [0.15, 0.2) is 23.0 Å². The summed E-state index contributed by atoms with van der Waals surface area (Å²) in [4.78, 5) is 26.2. The molecule has 0 bridgehead atoms. The van der Waals surface area contributed by atoms with E-state index in [4.69, 9.17) is 10.2 Å². The predicted molar refractivity (Wildman–Crippen MR) is 76.4 cm³/mol. The van der Waals surface area contributed by atoms with Gasteiger partial charge in [-0.15, -0.1) is 0 Å². The number of furan rings is 1. The molecule has 21 heavy (non-hydrogen) atoms. The molecule has 0 spiro atoms. The number of carbonyl (C=O) groups is 2. The maximum atomic E-state index is 12.4. The van der Waals surface area contributed by atoms with Crippen LogP contribution < -0.4 is 11.1 Å². The van der Waals surface area contributed by atoms with E-state index >= 15 is 0 Å². The van der Waals surface area contributed by atoms with Crippen LogP contribution in [0, 0.1) is 11.8 Å². The molecule has 0 radical (unpaired) electrons. The largest absolute Gasteiger partial charge is 0.472 e. The topological polar surface area (TPSA) is 88.6 Å². The first-order chi connectivity index (χ1) is 10.1.